The van der Waals surface area contributed by atoms with E-state index in [2.05, 4.69) is 36.6 Å². The number of nitrogens with one attached hydrogen (secondary N) is 6. The lowest BCUT2D eigenvalue weighted by Crippen LogP contribution is -2.42. The standard InChI is InChI=1S/C43H74N10O5/c1-28(2)36(50-31(6)54)18-23-41(57)51-33(13-9-10-24-44)16-20-40(56)52-34(26-32-27-48-38-15-8-7-14-35(32)38)17-21-42(58)53-37(29(3)4)19-22-39(55)49-30(5)12-11-25-47-43(45)46/h7-8,14-15,27-30,33-34,36-37,48H,9-13,16-26,44H2,1-6H3,(H,49,55)(H,50,54)(H,51,57)(H,52,56)(H,53,58)(H4,45,46,47)/t30-,33+,34-,36-,37-/m1/s1. The lowest BCUT2D eigenvalue weighted by molar-refractivity contribution is -0.125. The molecule has 0 radical (unpaired) electrons. The Morgan fingerprint density at radius 1 is 0.655 bits per heavy atom. The van der Waals surface area contributed by atoms with Crippen molar-refractivity contribution in [2.24, 2.45) is 34.0 Å². The fraction of sp³-hybridized carbons (Fsp3) is 0.674. The zero-order chi connectivity index (χ0) is 43.0. The minimum atomic E-state index is -0.318. The Kier molecular flexibility index (Phi) is 23.1. The van der Waals surface area contributed by atoms with Crippen molar-refractivity contribution in [1.82, 2.24) is 31.6 Å². The third-order valence-corrected chi connectivity index (χ3v) is 10.5. The lowest BCUT2D eigenvalue weighted by atomic mass is 9.97. The van der Waals surface area contributed by atoms with Crippen LogP contribution < -0.4 is 43.8 Å². The van der Waals surface area contributed by atoms with Gasteiger partial charge in [-0.3, -0.25) is 29.0 Å². The van der Waals surface area contributed by atoms with Gasteiger partial charge in [-0.25, -0.2) is 0 Å². The van der Waals surface area contributed by atoms with E-state index < -0.39 is 0 Å². The van der Waals surface area contributed by atoms with Gasteiger partial charge < -0.3 is 48.8 Å². The third kappa shape index (κ3) is 20.7. The zero-order valence-electron chi connectivity index (χ0n) is 36.0. The van der Waals surface area contributed by atoms with Crippen LogP contribution in [0.4, 0.5) is 0 Å². The summed E-state index contributed by atoms with van der Waals surface area (Å²) in [7, 11) is 0. The number of hydrogen-bond donors (Lipinski definition) is 9. The summed E-state index contributed by atoms with van der Waals surface area (Å²) >= 11 is 0. The van der Waals surface area contributed by atoms with E-state index >= 15 is 0 Å². The number of benzene rings is 1. The first kappa shape index (κ1) is 49.5. The van der Waals surface area contributed by atoms with Crippen LogP contribution in [0.2, 0.25) is 0 Å². The van der Waals surface area contributed by atoms with Crippen molar-refractivity contribution in [2.75, 3.05) is 13.1 Å². The number of aliphatic imine (C=N–C) groups is 1. The molecule has 12 N–H and O–H groups in total. The Labute approximate surface area is 346 Å². The number of carbonyl (C=O) groups is 5. The number of H-pyrrole nitrogens is 1. The molecule has 2 aromatic rings. The van der Waals surface area contributed by atoms with Gasteiger partial charge in [-0.2, -0.15) is 0 Å². The van der Waals surface area contributed by atoms with Gasteiger partial charge in [0.25, 0.3) is 0 Å². The molecular formula is C43H74N10O5. The minimum absolute atomic E-state index is 0.0244. The van der Waals surface area contributed by atoms with Gasteiger partial charge in [0.15, 0.2) is 5.96 Å². The van der Waals surface area contributed by atoms with Crippen molar-refractivity contribution >= 4 is 46.4 Å². The Morgan fingerprint density at radius 2 is 1.21 bits per heavy atom. The van der Waals surface area contributed by atoms with E-state index in [1.807, 2.05) is 65.1 Å². The molecule has 326 valence electrons. The van der Waals surface area contributed by atoms with Crippen molar-refractivity contribution in [3.05, 3.63) is 36.0 Å². The van der Waals surface area contributed by atoms with Gasteiger partial charge in [-0.15, -0.1) is 0 Å². The predicted octanol–water partition coefficient (Wildman–Crippen LogP) is 3.79. The van der Waals surface area contributed by atoms with Crippen molar-refractivity contribution in [1.29, 1.82) is 0 Å². The average molecular weight is 811 g/mol. The Balaban J connectivity index is 2.03. The Morgan fingerprint density at radius 3 is 1.81 bits per heavy atom. The summed E-state index contributed by atoms with van der Waals surface area (Å²) < 4.78 is 0. The second-order valence-electron chi connectivity index (χ2n) is 16.4. The van der Waals surface area contributed by atoms with Crippen molar-refractivity contribution in [3.63, 3.8) is 0 Å². The molecule has 0 aliphatic heterocycles. The van der Waals surface area contributed by atoms with Gasteiger partial charge in [0.05, 0.1) is 0 Å². The van der Waals surface area contributed by atoms with E-state index in [0.717, 1.165) is 42.1 Å². The van der Waals surface area contributed by atoms with Crippen LogP contribution in [0.1, 0.15) is 131 Å². The monoisotopic (exact) mass is 811 g/mol. The molecule has 15 heteroatoms. The number of rotatable bonds is 29. The average Bonchev–Trinajstić information content (AvgIpc) is 3.56. The van der Waals surface area contributed by atoms with E-state index in [1.54, 1.807) is 0 Å². The highest BCUT2D eigenvalue weighted by molar-refractivity contribution is 5.83. The Hall–Kier alpha value is -4.66. The van der Waals surface area contributed by atoms with Gasteiger partial charge >= 0.3 is 0 Å². The van der Waals surface area contributed by atoms with Crippen molar-refractivity contribution in [2.45, 2.75) is 162 Å². The summed E-state index contributed by atoms with van der Waals surface area (Å²) in [6, 6.07) is 7.15. The molecule has 0 aliphatic rings. The van der Waals surface area contributed by atoms with Gasteiger partial charge in [-0.05, 0) is 94.7 Å². The van der Waals surface area contributed by atoms with Crippen LogP contribution in [0.3, 0.4) is 0 Å². The number of amides is 5. The number of nitrogens with zero attached hydrogens (tertiary/aromatic N) is 1. The highest BCUT2D eigenvalue weighted by atomic mass is 16.2. The van der Waals surface area contributed by atoms with Crippen molar-refractivity contribution < 1.29 is 24.0 Å². The first-order valence-corrected chi connectivity index (χ1v) is 21.3. The molecule has 0 spiro atoms. The predicted molar refractivity (Wildman–Crippen MR) is 232 cm³/mol. The van der Waals surface area contributed by atoms with E-state index in [4.69, 9.17) is 17.2 Å². The molecule has 1 aromatic heterocycles. The van der Waals surface area contributed by atoms with Gasteiger partial charge in [0.1, 0.15) is 0 Å². The second kappa shape index (κ2) is 27.1. The maximum Gasteiger partial charge on any atom is 0.220 e. The molecule has 0 aliphatic carbocycles. The van der Waals surface area contributed by atoms with Crippen LogP contribution in [0.15, 0.2) is 35.5 Å². The largest absolute Gasteiger partial charge is 0.370 e. The number of guanidine groups is 1. The van der Waals surface area contributed by atoms with E-state index in [-0.39, 0.29) is 103 Å². The summed E-state index contributed by atoms with van der Waals surface area (Å²) in [6.45, 7) is 12.6. The van der Waals surface area contributed by atoms with Crippen LogP contribution in [-0.4, -0.2) is 83.8 Å². The maximum atomic E-state index is 13.6. The number of hydrogen-bond acceptors (Lipinski definition) is 7. The number of aromatic amines is 1. The normalized spacial score (nSPS) is 13.9. The van der Waals surface area contributed by atoms with Crippen LogP contribution in [0.25, 0.3) is 10.9 Å². The molecule has 5 amide bonds. The molecular weight excluding hydrogens is 737 g/mol. The topological polar surface area (TPSA) is 252 Å². The smallest absolute Gasteiger partial charge is 0.220 e. The molecule has 58 heavy (non-hydrogen) atoms. The van der Waals surface area contributed by atoms with Gasteiger partial charge in [-0.1, -0.05) is 52.3 Å². The number of fused-ring (bicyclic) bond motifs is 1. The van der Waals surface area contributed by atoms with Crippen LogP contribution in [0, 0.1) is 11.8 Å². The molecule has 0 saturated heterocycles. The fourth-order valence-corrected chi connectivity index (χ4v) is 7.11. The highest BCUT2D eigenvalue weighted by Gasteiger charge is 2.23. The molecule has 0 saturated carbocycles. The van der Waals surface area contributed by atoms with E-state index in [9.17, 15) is 24.0 Å². The van der Waals surface area contributed by atoms with Gasteiger partial charge in [0.2, 0.25) is 29.5 Å². The lowest BCUT2D eigenvalue weighted by Gasteiger charge is -2.24. The highest BCUT2D eigenvalue weighted by Crippen LogP contribution is 2.21. The van der Waals surface area contributed by atoms with Crippen LogP contribution in [0.5, 0.6) is 0 Å². The molecule has 0 fully saturated rings. The van der Waals surface area contributed by atoms with Crippen LogP contribution in [-0.2, 0) is 30.4 Å². The summed E-state index contributed by atoms with van der Waals surface area (Å²) in [5.41, 5.74) is 18.5. The maximum absolute atomic E-state index is 13.6. The number of carbonyl (C=O) groups excluding carboxylic acids is 5. The quantitative estimate of drug-likeness (QED) is 0.0331. The third-order valence-electron chi connectivity index (χ3n) is 10.5. The fourth-order valence-electron chi connectivity index (χ4n) is 7.11. The van der Waals surface area contributed by atoms with E-state index in [1.165, 1.54) is 6.92 Å². The minimum Gasteiger partial charge on any atom is -0.370 e. The molecule has 1 heterocycles. The number of para-hydroxylation sites is 1. The number of unbranched alkanes of at least 4 members (excludes halogenated alkanes) is 1. The number of nitrogens with two attached hydrogens (primary N) is 3. The second-order valence-corrected chi connectivity index (χ2v) is 16.4. The zero-order valence-corrected chi connectivity index (χ0v) is 36.0. The molecule has 5 atom stereocenters. The summed E-state index contributed by atoms with van der Waals surface area (Å²) in [5.74, 6) is -0.224. The van der Waals surface area contributed by atoms with Gasteiger partial charge in [0, 0.05) is 86.5 Å². The SMILES string of the molecule is CC(=O)N[C@H](CCC(=O)N[C@@H](CCCCN)CCC(=O)N[C@H](CCC(=O)N[C@H](CCC(=O)N[C@H](C)CCCN=C(N)N)C(C)C)Cc1c[nH]c2ccccc12)C(C)C. The molecule has 0 unspecified atom stereocenters. The summed E-state index contributed by atoms with van der Waals surface area (Å²) in [4.78, 5) is 71.6. The molecule has 0 bridgehead atoms. The molecule has 2 rings (SSSR count). The summed E-state index contributed by atoms with van der Waals surface area (Å²) in [5, 5.41) is 16.5. The first-order valence-electron chi connectivity index (χ1n) is 21.3. The number of aromatic nitrogens is 1. The first-order chi connectivity index (χ1) is 27.6. The Bertz CT molecular complexity index is 1590. The molecule has 1 aromatic carbocycles. The van der Waals surface area contributed by atoms with Crippen LogP contribution >= 0.6 is 0 Å². The summed E-state index contributed by atoms with van der Waals surface area (Å²) in [6.07, 6.45) is 9.18. The van der Waals surface area contributed by atoms with Crippen molar-refractivity contribution in [3.8, 4) is 0 Å². The molecule has 15 nitrogen and oxygen atoms in total. The van der Waals surface area contributed by atoms with E-state index in [0.29, 0.717) is 51.6 Å².